The third-order valence-electron chi connectivity index (χ3n) is 3.17. The van der Waals surface area contributed by atoms with Gasteiger partial charge in [0.15, 0.2) is 0 Å². The van der Waals surface area contributed by atoms with Gasteiger partial charge < -0.3 is 10.2 Å². The first kappa shape index (κ1) is 13.0. The predicted molar refractivity (Wildman–Crippen MR) is 63.0 cm³/mol. The van der Waals surface area contributed by atoms with Crippen molar-refractivity contribution in [2.24, 2.45) is 17.3 Å². The van der Waals surface area contributed by atoms with Crippen LogP contribution in [0.1, 0.15) is 26.7 Å². The fourth-order valence-corrected chi connectivity index (χ4v) is 2.37. The van der Waals surface area contributed by atoms with Crippen LogP contribution in [0.2, 0.25) is 0 Å². The van der Waals surface area contributed by atoms with E-state index in [0.717, 1.165) is 0 Å². The van der Waals surface area contributed by atoms with E-state index >= 15 is 0 Å². The number of hydrogen-bond donors (Lipinski definition) is 2. The first-order valence-electron chi connectivity index (χ1n) is 5.70. The molecule has 3 heteroatoms. The van der Waals surface area contributed by atoms with E-state index in [1.54, 1.807) is 0 Å². The summed E-state index contributed by atoms with van der Waals surface area (Å²) in [6.07, 6.45) is 8.82. The van der Waals surface area contributed by atoms with E-state index in [9.17, 15) is 15.0 Å². The average molecular weight is 224 g/mol. The molecule has 0 aromatic carbocycles. The lowest BCUT2D eigenvalue weighted by atomic mass is 9.68. The SMILES string of the molecule is CC(C)CC(CO)(C(=O)O)C1C=CC=CC1. The summed E-state index contributed by atoms with van der Waals surface area (Å²) in [5.41, 5.74) is -1.03. The molecule has 0 bridgehead atoms. The van der Waals surface area contributed by atoms with Crippen molar-refractivity contribution in [1.82, 2.24) is 0 Å². The van der Waals surface area contributed by atoms with E-state index in [2.05, 4.69) is 0 Å². The zero-order valence-corrected chi connectivity index (χ0v) is 9.89. The number of carboxylic acids is 1. The van der Waals surface area contributed by atoms with Gasteiger partial charge in [-0.3, -0.25) is 4.79 Å². The molecule has 0 spiro atoms. The Morgan fingerprint density at radius 1 is 1.50 bits per heavy atom. The molecule has 0 aromatic heterocycles. The number of aliphatic hydroxyl groups is 1. The second kappa shape index (κ2) is 5.30. The molecule has 3 nitrogen and oxygen atoms in total. The largest absolute Gasteiger partial charge is 0.481 e. The Kier molecular flexibility index (Phi) is 4.30. The molecule has 2 atom stereocenters. The van der Waals surface area contributed by atoms with Gasteiger partial charge in [-0.05, 0) is 24.7 Å². The minimum Gasteiger partial charge on any atom is -0.481 e. The summed E-state index contributed by atoms with van der Waals surface area (Å²) in [6.45, 7) is 3.66. The topological polar surface area (TPSA) is 57.5 Å². The lowest BCUT2D eigenvalue weighted by Gasteiger charge is -2.35. The van der Waals surface area contributed by atoms with Gasteiger partial charge in [0, 0.05) is 0 Å². The molecule has 0 fully saturated rings. The van der Waals surface area contributed by atoms with Crippen LogP contribution in [0.25, 0.3) is 0 Å². The summed E-state index contributed by atoms with van der Waals surface area (Å²) < 4.78 is 0. The van der Waals surface area contributed by atoms with Crippen LogP contribution >= 0.6 is 0 Å². The first-order valence-corrected chi connectivity index (χ1v) is 5.70. The van der Waals surface area contributed by atoms with Gasteiger partial charge in [0.25, 0.3) is 0 Å². The van der Waals surface area contributed by atoms with Crippen LogP contribution in [-0.2, 0) is 4.79 Å². The molecule has 2 unspecified atom stereocenters. The maximum atomic E-state index is 11.5. The van der Waals surface area contributed by atoms with Crippen LogP contribution < -0.4 is 0 Å². The number of hydrogen-bond acceptors (Lipinski definition) is 2. The third kappa shape index (κ3) is 2.53. The number of carboxylic acid groups (broad SMARTS) is 1. The molecular formula is C13H20O3. The standard InChI is InChI=1S/C13H20O3/c1-10(2)8-13(9-14,12(15)16)11-6-4-3-5-7-11/h3-6,10-11,14H,7-9H2,1-2H3,(H,15,16). The van der Waals surface area contributed by atoms with E-state index in [1.807, 2.05) is 38.2 Å². The monoisotopic (exact) mass is 224 g/mol. The van der Waals surface area contributed by atoms with Gasteiger partial charge in [-0.15, -0.1) is 0 Å². The van der Waals surface area contributed by atoms with Crippen molar-refractivity contribution in [1.29, 1.82) is 0 Å². The molecule has 0 aliphatic heterocycles. The van der Waals surface area contributed by atoms with Gasteiger partial charge in [-0.1, -0.05) is 38.2 Å². The molecule has 2 N–H and O–H groups in total. The number of aliphatic hydroxyl groups excluding tert-OH is 1. The highest BCUT2D eigenvalue weighted by Gasteiger charge is 2.44. The van der Waals surface area contributed by atoms with Crippen molar-refractivity contribution in [3.8, 4) is 0 Å². The average Bonchev–Trinajstić information content (AvgIpc) is 2.26. The summed E-state index contributed by atoms with van der Waals surface area (Å²) in [5.74, 6) is -0.751. The molecule has 0 amide bonds. The van der Waals surface area contributed by atoms with Crippen LogP contribution in [0.4, 0.5) is 0 Å². The smallest absolute Gasteiger partial charge is 0.312 e. The normalized spacial score (nSPS) is 23.4. The van der Waals surface area contributed by atoms with Crippen molar-refractivity contribution in [2.45, 2.75) is 26.7 Å². The Bertz CT molecular complexity index is 304. The maximum absolute atomic E-state index is 11.5. The Hall–Kier alpha value is -1.09. The second-order valence-corrected chi connectivity index (χ2v) is 4.87. The molecule has 1 rings (SSSR count). The highest BCUT2D eigenvalue weighted by atomic mass is 16.4. The van der Waals surface area contributed by atoms with E-state index in [4.69, 9.17) is 0 Å². The van der Waals surface area contributed by atoms with E-state index in [0.29, 0.717) is 12.8 Å². The Labute approximate surface area is 96.5 Å². The maximum Gasteiger partial charge on any atom is 0.312 e. The van der Waals surface area contributed by atoms with Gasteiger partial charge in [-0.2, -0.15) is 0 Å². The van der Waals surface area contributed by atoms with Gasteiger partial charge in [0.1, 0.15) is 0 Å². The first-order chi connectivity index (χ1) is 7.53. The fourth-order valence-electron chi connectivity index (χ4n) is 2.37. The molecular weight excluding hydrogens is 204 g/mol. The number of aliphatic carboxylic acids is 1. The summed E-state index contributed by atoms with van der Waals surface area (Å²) >= 11 is 0. The van der Waals surface area contributed by atoms with Gasteiger partial charge in [0.2, 0.25) is 0 Å². The molecule has 0 saturated heterocycles. The zero-order valence-electron chi connectivity index (χ0n) is 9.89. The van der Waals surface area contributed by atoms with Gasteiger partial charge in [0.05, 0.1) is 12.0 Å². The van der Waals surface area contributed by atoms with E-state index < -0.39 is 11.4 Å². The molecule has 16 heavy (non-hydrogen) atoms. The summed E-state index contributed by atoms with van der Waals surface area (Å²) in [5, 5.41) is 18.9. The molecule has 90 valence electrons. The molecule has 1 aliphatic rings. The van der Waals surface area contributed by atoms with Crippen LogP contribution in [0.15, 0.2) is 24.3 Å². The van der Waals surface area contributed by atoms with Gasteiger partial charge >= 0.3 is 5.97 Å². The predicted octanol–water partition coefficient (Wildman–Crippen LogP) is 2.23. The number of carbonyl (C=O) groups is 1. The number of allylic oxidation sites excluding steroid dienone is 4. The van der Waals surface area contributed by atoms with E-state index in [-0.39, 0.29) is 18.4 Å². The fraction of sp³-hybridized carbons (Fsp3) is 0.615. The quantitative estimate of drug-likeness (QED) is 0.753. The molecule has 0 aromatic rings. The highest BCUT2D eigenvalue weighted by Crippen LogP contribution is 2.39. The summed E-state index contributed by atoms with van der Waals surface area (Å²) in [4.78, 5) is 11.5. The zero-order chi connectivity index (χ0) is 12.2. The Balaban J connectivity index is 2.96. The van der Waals surface area contributed by atoms with Crippen molar-refractivity contribution < 1.29 is 15.0 Å². The highest BCUT2D eigenvalue weighted by molar-refractivity contribution is 5.75. The van der Waals surface area contributed by atoms with Crippen LogP contribution in [0, 0.1) is 17.3 Å². The van der Waals surface area contributed by atoms with Crippen LogP contribution in [-0.4, -0.2) is 22.8 Å². The minimum absolute atomic E-state index is 0.109. The Morgan fingerprint density at radius 3 is 2.56 bits per heavy atom. The van der Waals surface area contributed by atoms with Crippen molar-refractivity contribution in [3.63, 3.8) is 0 Å². The number of rotatable bonds is 5. The lowest BCUT2D eigenvalue weighted by molar-refractivity contribution is -0.156. The molecule has 0 heterocycles. The van der Waals surface area contributed by atoms with Crippen LogP contribution in [0.5, 0.6) is 0 Å². The van der Waals surface area contributed by atoms with Crippen molar-refractivity contribution >= 4 is 5.97 Å². The molecule has 0 radical (unpaired) electrons. The minimum atomic E-state index is -1.03. The third-order valence-corrected chi connectivity index (χ3v) is 3.17. The van der Waals surface area contributed by atoms with E-state index in [1.165, 1.54) is 0 Å². The summed E-state index contributed by atoms with van der Waals surface area (Å²) in [7, 11) is 0. The lowest BCUT2D eigenvalue weighted by Crippen LogP contribution is -2.42. The molecule has 0 saturated carbocycles. The summed E-state index contributed by atoms with van der Waals surface area (Å²) in [6, 6.07) is 0. The Morgan fingerprint density at radius 2 is 2.19 bits per heavy atom. The van der Waals surface area contributed by atoms with Crippen LogP contribution in [0.3, 0.4) is 0 Å². The second-order valence-electron chi connectivity index (χ2n) is 4.87. The molecule has 1 aliphatic carbocycles. The van der Waals surface area contributed by atoms with Crippen molar-refractivity contribution in [3.05, 3.63) is 24.3 Å². The van der Waals surface area contributed by atoms with Crippen molar-refractivity contribution in [2.75, 3.05) is 6.61 Å². The van der Waals surface area contributed by atoms with Gasteiger partial charge in [-0.25, -0.2) is 0 Å².